The van der Waals surface area contributed by atoms with E-state index in [2.05, 4.69) is 4.98 Å². The quantitative estimate of drug-likeness (QED) is 0.650. The molecule has 2 N–H and O–H groups in total. The monoisotopic (exact) mass is 288 g/mol. The topological polar surface area (TPSA) is 131 Å². The highest BCUT2D eigenvalue weighted by Gasteiger charge is 2.18. The van der Waals surface area contributed by atoms with Crippen LogP contribution < -0.4 is 0 Å². The number of nitro benzene ring substituents is 1. The fourth-order valence-corrected chi connectivity index (χ4v) is 1.74. The molecular formula is C13H8N2O6. The van der Waals surface area contributed by atoms with Crippen LogP contribution in [0, 0.1) is 10.1 Å². The maximum absolute atomic E-state index is 11.2. The summed E-state index contributed by atoms with van der Waals surface area (Å²) < 4.78 is 0. The van der Waals surface area contributed by atoms with Crippen molar-refractivity contribution in [1.29, 1.82) is 0 Å². The predicted molar refractivity (Wildman–Crippen MR) is 70.2 cm³/mol. The molecule has 1 aromatic heterocycles. The van der Waals surface area contributed by atoms with E-state index in [1.807, 2.05) is 0 Å². The van der Waals surface area contributed by atoms with Crippen LogP contribution in [0.4, 0.5) is 5.69 Å². The summed E-state index contributed by atoms with van der Waals surface area (Å²) in [7, 11) is 0. The van der Waals surface area contributed by atoms with Crippen LogP contribution >= 0.6 is 0 Å². The van der Waals surface area contributed by atoms with E-state index < -0.39 is 16.9 Å². The Labute approximate surface area is 117 Å². The summed E-state index contributed by atoms with van der Waals surface area (Å²) in [4.78, 5) is 36.0. The molecule has 0 amide bonds. The Balaban J connectivity index is 2.63. The van der Waals surface area contributed by atoms with Gasteiger partial charge in [0.25, 0.3) is 5.69 Å². The summed E-state index contributed by atoms with van der Waals surface area (Å²) in [6, 6.07) is 6.25. The van der Waals surface area contributed by atoms with Crippen molar-refractivity contribution in [2.24, 2.45) is 0 Å². The largest absolute Gasteiger partial charge is 0.478 e. The normalized spacial score (nSPS) is 10.1. The van der Waals surface area contributed by atoms with Crippen molar-refractivity contribution in [2.45, 2.75) is 0 Å². The summed E-state index contributed by atoms with van der Waals surface area (Å²) in [5.74, 6) is -2.68. The number of carboxylic acids is 2. The number of nitro groups is 1. The minimum absolute atomic E-state index is 0.0313. The average Bonchev–Trinajstić information content (AvgIpc) is 2.46. The molecule has 0 bridgehead atoms. The number of non-ortho nitro benzene ring substituents is 1. The highest BCUT2D eigenvalue weighted by atomic mass is 16.6. The van der Waals surface area contributed by atoms with E-state index in [0.29, 0.717) is 0 Å². The van der Waals surface area contributed by atoms with Crippen LogP contribution in [-0.4, -0.2) is 32.1 Å². The minimum atomic E-state index is -1.37. The van der Waals surface area contributed by atoms with Gasteiger partial charge in [0.05, 0.1) is 21.7 Å². The Morgan fingerprint density at radius 2 is 1.86 bits per heavy atom. The first kappa shape index (κ1) is 14.1. The molecule has 106 valence electrons. The molecule has 0 radical (unpaired) electrons. The third kappa shape index (κ3) is 2.84. The molecule has 21 heavy (non-hydrogen) atoms. The molecule has 0 aliphatic carbocycles. The minimum Gasteiger partial charge on any atom is -0.478 e. The van der Waals surface area contributed by atoms with Crippen LogP contribution in [0.25, 0.3) is 11.3 Å². The summed E-state index contributed by atoms with van der Waals surface area (Å²) >= 11 is 0. The van der Waals surface area contributed by atoms with Gasteiger partial charge in [-0.1, -0.05) is 12.1 Å². The fraction of sp³-hybridized carbons (Fsp3) is 0. The van der Waals surface area contributed by atoms with Crippen molar-refractivity contribution in [3.63, 3.8) is 0 Å². The van der Waals surface area contributed by atoms with Crippen LogP contribution in [0.1, 0.15) is 20.7 Å². The van der Waals surface area contributed by atoms with Crippen molar-refractivity contribution in [1.82, 2.24) is 4.98 Å². The molecular weight excluding hydrogens is 280 g/mol. The second-order valence-electron chi connectivity index (χ2n) is 4.04. The number of hydrogen-bond donors (Lipinski definition) is 2. The van der Waals surface area contributed by atoms with Gasteiger partial charge >= 0.3 is 11.9 Å². The maximum Gasteiger partial charge on any atom is 0.337 e. The zero-order valence-electron chi connectivity index (χ0n) is 10.4. The fourth-order valence-electron chi connectivity index (χ4n) is 1.74. The summed E-state index contributed by atoms with van der Waals surface area (Å²) in [5.41, 5.74) is -0.639. The number of pyridine rings is 1. The molecule has 0 atom stereocenters. The first-order chi connectivity index (χ1) is 9.90. The molecule has 2 rings (SSSR count). The molecule has 8 nitrogen and oxygen atoms in total. The number of hydrogen-bond acceptors (Lipinski definition) is 5. The van der Waals surface area contributed by atoms with E-state index in [0.717, 1.165) is 12.3 Å². The van der Waals surface area contributed by atoms with Crippen LogP contribution in [-0.2, 0) is 0 Å². The second kappa shape index (κ2) is 5.37. The smallest absolute Gasteiger partial charge is 0.337 e. The summed E-state index contributed by atoms with van der Waals surface area (Å²) in [6.07, 6.45) is 1.00. The van der Waals surface area contributed by atoms with Gasteiger partial charge in [0.15, 0.2) is 0 Å². The third-order valence-electron chi connectivity index (χ3n) is 2.70. The van der Waals surface area contributed by atoms with E-state index in [9.17, 15) is 19.7 Å². The number of aromatic nitrogens is 1. The van der Waals surface area contributed by atoms with Gasteiger partial charge in [0.1, 0.15) is 0 Å². The van der Waals surface area contributed by atoms with Gasteiger partial charge in [-0.3, -0.25) is 15.1 Å². The standard InChI is InChI=1S/C13H8N2O6/c16-12(17)8-5-10(13(18)19)11(14-6-8)7-2-1-3-9(4-7)15(20)21/h1-6H,(H,16,17)(H,18,19). The van der Waals surface area contributed by atoms with Gasteiger partial charge in [0.2, 0.25) is 0 Å². The van der Waals surface area contributed by atoms with Crippen molar-refractivity contribution in [3.05, 3.63) is 57.8 Å². The number of aromatic carboxylic acids is 2. The SMILES string of the molecule is O=C(O)c1cnc(-c2cccc([N+](=O)[O-])c2)c(C(=O)O)c1. The molecule has 8 heteroatoms. The Kier molecular flexibility index (Phi) is 3.61. The summed E-state index contributed by atoms with van der Waals surface area (Å²) in [6.45, 7) is 0. The lowest BCUT2D eigenvalue weighted by Crippen LogP contribution is -2.06. The van der Waals surface area contributed by atoms with Crippen LogP contribution in [0.3, 0.4) is 0 Å². The highest BCUT2D eigenvalue weighted by molar-refractivity contribution is 5.98. The van der Waals surface area contributed by atoms with Gasteiger partial charge < -0.3 is 10.2 Å². The molecule has 2 aromatic rings. The average molecular weight is 288 g/mol. The van der Waals surface area contributed by atoms with E-state index in [4.69, 9.17) is 10.2 Å². The lowest BCUT2D eigenvalue weighted by atomic mass is 10.0. The lowest BCUT2D eigenvalue weighted by molar-refractivity contribution is -0.384. The van der Waals surface area contributed by atoms with Crippen molar-refractivity contribution in [3.8, 4) is 11.3 Å². The predicted octanol–water partition coefficient (Wildman–Crippen LogP) is 2.05. The van der Waals surface area contributed by atoms with Crippen molar-refractivity contribution >= 4 is 17.6 Å². The zero-order valence-corrected chi connectivity index (χ0v) is 10.4. The molecule has 0 spiro atoms. The molecule has 0 saturated heterocycles. The molecule has 0 unspecified atom stereocenters. The molecule has 0 aliphatic rings. The van der Waals surface area contributed by atoms with Crippen molar-refractivity contribution in [2.75, 3.05) is 0 Å². The van der Waals surface area contributed by atoms with E-state index in [1.54, 1.807) is 0 Å². The van der Waals surface area contributed by atoms with Gasteiger partial charge in [-0.15, -0.1) is 0 Å². The van der Waals surface area contributed by atoms with E-state index in [1.165, 1.54) is 24.3 Å². The molecule has 0 saturated carbocycles. The molecule has 0 aliphatic heterocycles. The highest BCUT2D eigenvalue weighted by Crippen LogP contribution is 2.25. The first-order valence-electron chi connectivity index (χ1n) is 5.61. The van der Waals surface area contributed by atoms with E-state index in [-0.39, 0.29) is 28.1 Å². The Morgan fingerprint density at radius 1 is 1.14 bits per heavy atom. The molecule has 0 fully saturated rings. The summed E-state index contributed by atoms with van der Waals surface area (Å²) in [5, 5.41) is 28.7. The molecule has 1 heterocycles. The number of carbonyl (C=O) groups is 2. The van der Waals surface area contributed by atoms with Gasteiger partial charge in [-0.05, 0) is 6.07 Å². The maximum atomic E-state index is 11.2. The van der Waals surface area contributed by atoms with Gasteiger partial charge in [-0.25, -0.2) is 9.59 Å². The van der Waals surface area contributed by atoms with E-state index >= 15 is 0 Å². The Morgan fingerprint density at radius 3 is 2.43 bits per heavy atom. The first-order valence-corrected chi connectivity index (χ1v) is 5.61. The van der Waals surface area contributed by atoms with Gasteiger partial charge in [-0.2, -0.15) is 0 Å². The van der Waals surface area contributed by atoms with Crippen LogP contribution in [0.5, 0.6) is 0 Å². The van der Waals surface area contributed by atoms with Crippen LogP contribution in [0.2, 0.25) is 0 Å². The molecule has 1 aromatic carbocycles. The lowest BCUT2D eigenvalue weighted by Gasteiger charge is -2.06. The number of rotatable bonds is 4. The van der Waals surface area contributed by atoms with Crippen molar-refractivity contribution < 1.29 is 24.7 Å². The Bertz CT molecular complexity index is 756. The third-order valence-corrected chi connectivity index (χ3v) is 2.70. The second-order valence-corrected chi connectivity index (χ2v) is 4.04. The Hall–Kier alpha value is -3.29. The van der Waals surface area contributed by atoms with Gasteiger partial charge in [0, 0.05) is 23.9 Å². The number of nitrogens with zero attached hydrogens (tertiary/aromatic N) is 2. The number of carboxylic acid groups (broad SMARTS) is 2. The van der Waals surface area contributed by atoms with Crippen LogP contribution in [0.15, 0.2) is 36.5 Å². The number of benzene rings is 1. The zero-order chi connectivity index (χ0) is 15.6.